The van der Waals surface area contributed by atoms with Gasteiger partial charge in [0.2, 0.25) is 0 Å². The lowest BCUT2D eigenvalue weighted by Crippen LogP contribution is -2.29. The van der Waals surface area contributed by atoms with Crippen LogP contribution in [-0.4, -0.2) is 33.5 Å². The van der Waals surface area contributed by atoms with Gasteiger partial charge >= 0.3 is 5.97 Å². The van der Waals surface area contributed by atoms with E-state index in [2.05, 4.69) is 36.5 Å². The van der Waals surface area contributed by atoms with Crippen LogP contribution in [0.15, 0.2) is 70.2 Å². The van der Waals surface area contributed by atoms with E-state index >= 15 is 0 Å². The standard InChI is InChI=1S/C23H17BrFN5O4/c1-34-19(31)11-30-21-17(20(26-12-27-21)28-16-7-5-14(24)6-8-16)10-18(23(30)33)29-22(32)13-3-2-4-15(25)9-13/h2-10,12H,11H2,1H3,(H,29,32)(H,26,27,28). The molecular weight excluding hydrogens is 509 g/mol. The van der Waals surface area contributed by atoms with Gasteiger partial charge in [-0.2, -0.15) is 0 Å². The fourth-order valence-electron chi connectivity index (χ4n) is 3.21. The molecule has 9 nitrogen and oxygen atoms in total. The highest BCUT2D eigenvalue weighted by molar-refractivity contribution is 9.10. The van der Waals surface area contributed by atoms with Crippen LogP contribution in [0.25, 0.3) is 11.0 Å². The maximum Gasteiger partial charge on any atom is 0.325 e. The average molecular weight is 526 g/mol. The first-order valence-corrected chi connectivity index (χ1v) is 10.7. The normalized spacial score (nSPS) is 10.7. The van der Waals surface area contributed by atoms with E-state index in [1.54, 1.807) is 0 Å². The second-order valence-electron chi connectivity index (χ2n) is 7.08. The molecule has 0 aliphatic heterocycles. The summed E-state index contributed by atoms with van der Waals surface area (Å²) in [7, 11) is 1.20. The van der Waals surface area contributed by atoms with Crippen molar-refractivity contribution in [3.8, 4) is 0 Å². The number of carbonyl (C=O) groups is 2. The van der Waals surface area contributed by atoms with Gasteiger partial charge in [-0.1, -0.05) is 22.0 Å². The molecule has 4 rings (SSSR count). The lowest BCUT2D eigenvalue weighted by molar-refractivity contribution is -0.141. The van der Waals surface area contributed by atoms with Gasteiger partial charge in [-0.15, -0.1) is 0 Å². The van der Waals surface area contributed by atoms with Crippen molar-refractivity contribution in [3.05, 3.63) is 87.1 Å². The van der Waals surface area contributed by atoms with Gasteiger partial charge in [0.1, 0.15) is 35.8 Å². The molecule has 0 fully saturated rings. The summed E-state index contributed by atoms with van der Waals surface area (Å²) in [6.45, 7) is -0.440. The highest BCUT2D eigenvalue weighted by Crippen LogP contribution is 2.25. The Morgan fingerprint density at radius 3 is 2.59 bits per heavy atom. The van der Waals surface area contributed by atoms with Gasteiger partial charge in [0, 0.05) is 15.7 Å². The number of fused-ring (bicyclic) bond motifs is 1. The molecule has 0 atom stereocenters. The number of aromatic nitrogens is 3. The van der Waals surface area contributed by atoms with E-state index in [1.165, 1.54) is 37.7 Å². The Kier molecular flexibility index (Phi) is 6.64. The van der Waals surface area contributed by atoms with Crippen LogP contribution in [0.1, 0.15) is 10.4 Å². The zero-order valence-electron chi connectivity index (χ0n) is 17.7. The Labute approximate surface area is 200 Å². The molecule has 0 aliphatic rings. The van der Waals surface area contributed by atoms with Crippen LogP contribution >= 0.6 is 15.9 Å². The van der Waals surface area contributed by atoms with Crippen molar-refractivity contribution in [2.24, 2.45) is 0 Å². The second kappa shape index (κ2) is 9.79. The molecule has 2 aromatic carbocycles. The smallest absolute Gasteiger partial charge is 0.325 e. The van der Waals surface area contributed by atoms with Crippen LogP contribution in [0.4, 0.5) is 21.6 Å². The maximum absolute atomic E-state index is 13.6. The van der Waals surface area contributed by atoms with Crippen molar-refractivity contribution in [1.82, 2.24) is 14.5 Å². The minimum absolute atomic E-state index is 0.0246. The van der Waals surface area contributed by atoms with Crippen LogP contribution in [-0.2, 0) is 16.1 Å². The summed E-state index contributed by atoms with van der Waals surface area (Å²) in [5, 5.41) is 6.00. The van der Waals surface area contributed by atoms with Crippen LogP contribution in [0.2, 0.25) is 0 Å². The van der Waals surface area contributed by atoms with E-state index in [9.17, 15) is 18.8 Å². The summed E-state index contributed by atoms with van der Waals surface area (Å²) >= 11 is 3.37. The summed E-state index contributed by atoms with van der Waals surface area (Å²) in [4.78, 5) is 46.3. The van der Waals surface area contributed by atoms with Crippen molar-refractivity contribution < 1.29 is 18.7 Å². The van der Waals surface area contributed by atoms with E-state index < -0.39 is 29.8 Å². The fraction of sp³-hybridized carbons (Fsp3) is 0.0870. The maximum atomic E-state index is 13.6. The van der Waals surface area contributed by atoms with Gasteiger partial charge in [-0.3, -0.25) is 19.0 Å². The quantitative estimate of drug-likeness (QED) is 0.367. The molecule has 34 heavy (non-hydrogen) atoms. The number of benzene rings is 2. The minimum atomic E-state index is -0.695. The van der Waals surface area contributed by atoms with Crippen molar-refractivity contribution in [2.75, 3.05) is 17.7 Å². The zero-order chi connectivity index (χ0) is 24.2. The van der Waals surface area contributed by atoms with E-state index in [-0.39, 0.29) is 16.9 Å². The molecule has 2 heterocycles. The molecule has 1 amide bonds. The van der Waals surface area contributed by atoms with Crippen LogP contribution < -0.4 is 16.2 Å². The van der Waals surface area contributed by atoms with Gasteiger partial charge in [0.25, 0.3) is 11.5 Å². The number of pyridine rings is 1. The van der Waals surface area contributed by atoms with Gasteiger partial charge in [-0.05, 0) is 48.5 Å². The number of hydrogen-bond acceptors (Lipinski definition) is 7. The molecular formula is C23H17BrFN5O4. The lowest BCUT2D eigenvalue weighted by Gasteiger charge is -2.14. The number of nitrogens with zero attached hydrogens (tertiary/aromatic N) is 3. The number of rotatable bonds is 6. The number of esters is 1. The Bertz CT molecular complexity index is 1460. The first-order chi connectivity index (χ1) is 16.4. The Balaban J connectivity index is 1.83. The summed E-state index contributed by atoms with van der Waals surface area (Å²) < 4.78 is 20.2. The Hall–Kier alpha value is -4.12. The molecule has 0 bridgehead atoms. The van der Waals surface area contributed by atoms with Crippen molar-refractivity contribution in [2.45, 2.75) is 6.54 Å². The molecule has 2 N–H and O–H groups in total. The van der Waals surface area contributed by atoms with Gasteiger partial charge < -0.3 is 15.4 Å². The number of anilines is 3. The molecule has 11 heteroatoms. The highest BCUT2D eigenvalue weighted by atomic mass is 79.9. The summed E-state index contributed by atoms with van der Waals surface area (Å²) in [5.74, 6) is -1.63. The topological polar surface area (TPSA) is 115 Å². The summed E-state index contributed by atoms with van der Waals surface area (Å²) in [6.07, 6.45) is 1.25. The molecule has 0 aliphatic carbocycles. The predicted molar refractivity (Wildman–Crippen MR) is 128 cm³/mol. The van der Waals surface area contributed by atoms with E-state index in [4.69, 9.17) is 4.74 Å². The molecule has 0 radical (unpaired) electrons. The van der Waals surface area contributed by atoms with Crippen molar-refractivity contribution in [1.29, 1.82) is 0 Å². The average Bonchev–Trinajstić information content (AvgIpc) is 2.83. The number of nitrogens with one attached hydrogen (secondary N) is 2. The van der Waals surface area contributed by atoms with Gasteiger partial charge in [-0.25, -0.2) is 14.4 Å². The number of ether oxygens (including phenoxy) is 1. The molecule has 0 saturated heterocycles. The first kappa shape index (κ1) is 23.1. The Morgan fingerprint density at radius 1 is 1.12 bits per heavy atom. The third-order valence-electron chi connectivity index (χ3n) is 4.84. The third kappa shape index (κ3) is 4.94. The number of carbonyl (C=O) groups excluding carboxylic acids is 2. The van der Waals surface area contributed by atoms with Gasteiger partial charge in [0.15, 0.2) is 0 Å². The fourth-order valence-corrected chi connectivity index (χ4v) is 3.47. The van der Waals surface area contributed by atoms with Crippen LogP contribution in [0.5, 0.6) is 0 Å². The Morgan fingerprint density at radius 2 is 1.88 bits per heavy atom. The van der Waals surface area contributed by atoms with Crippen LogP contribution in [0, 0.1) is 5.82 Å². The third-order valence-corrected chi connectivity index (χ3v) is 5.37. The molecule has 0 saturated carbocycles. The zero-order valence-corrected chi connectivity index (χ0v) is 19.3. The van der Waals surface area contributed by atoms with E-state index in [0.717, 1.165) is 15.1 Å². The SMILES string of the molecule is COC(=O)Cn1c(=O)c(NC(=O)c2cccc(F)c2)cc2c(Nc3ccc(Br)cc3)ncnc21. The highest BCUT2D eigenvalue weighted by Gasteiger charge is 2.18. The first-order valence-electron chi connectivity index (χ1n) is 9.90. The van der Waals surface area contributed by atoms with Gasteiger partial charge in [0.05, 0.1) is 12.5 Å². The van der Waals surface area contributed by atoms with Crippen molar-refractivity contribution >= 4 is 56.0 Å². The summed E-state index contributed by atoms with van der Waals surface area (Å²) in [5.41, 5.74) is 0.0693. The lowest BCUT2D eigenvalue weighted by atomic mass is 10.2. The monoisotopic (exact) mass is 525 g/mol. The molecule has 0 spiro atoms. The predicted octanol–water partition coefficient (Wildman–Crippen LogP) is 3.86. The van der Waals surface area contributed by atoms with Crippen LogP contribution in [0.3, 0.4) is 0 Å². The number of amides is 1. The van der Waals surface area contributed by atoms with E-state index in [1.807, 2.05) is 24.3 Å². The number of hydrogen-bond donors (Lipinski definition) is 2. The minimum Gasteiger partial charge on any atom is -0.468 e. The molecule has 2 aromatic heterocycles. The summed E-state index contributed by atoms with van der Waals surface area (Å²) in [6, 6.07) is 13.8. The second-order valence-corrected chi connectivity index (χ2v) is 8.00. The molecule has 4 aromatic rings. The number of halogens is 2. The largest absolute Gasteiger partial charge is 0.468 e. The van der Waals surface area contributed by atoms with E-state index in [0.29, 0.717) is 16.9 Å². The number of methoxy groups -OCH3 is 1. The van der Waals surface area contributed by atoms with Crippen molar-refractivity contribution in [3.63, 3.8) is 0 Å². The molecule has 0 unspecified atom stereocenters. The molecule has 172 valence electrons.